The lowest BCUT2D eigenvalue weighted by molar-refractivity contribution is 0.112. The molecule has 0 N–H and O–H groups in total. The number of ether oxygens (including phenoxy) is 1. The third-order valence-electron chi connectivity index (χ3n) is 2.76. The highest BCUT2D eigenvalue weighted by Crippen LogP contribution is 2.27. The Labute approximate surface area is 117 Å². The number of aldehydes is 1. The van der Waals surface area contributed by atoms with Crippen molar-refractivity contribution in [3.8, 4) is 0 Å². The number of methoxy groups -OCH3 is 1. The molecule has 0 saturated carbocycles. The van der Waals surface area contributed by atoms with E-state index in [0.717, 1.165) is 22.5 Å². The maximum atomic E-state index is 10.8. The van der Waals surface area contributed by atoms with E-state index in [4.69, 9.17) is 4.74 Å². The fourth-order valence-corrected chi connectivity index (χ4v) is 2.80. The number of carbonyl (C=O) groups is 1. The first-order valence-corrected chi connectivity index (χ1v) is 7.06. The summed E-state index contributed by atoms with van der Waals surface area (Å²) >= 11 is 1.76. The van der Waals surface area contributed by atoms with E-state index in [0.29, 0.717) is 12.2 Å². The molecule has 2 aromatic carbocycles. The van der Waals surface area contributed by atoms with Gasteiger partial charge < -0.3 is 4.74 Å². The number of thioether (sulfide) groups is 1. The van der Waals surface area contributed by atoms with Crippen LogP contribution in [0.3, 0.4) is 0 Å². The molecule has 0 radical (unpaired) electrons. The summed E-state index contributed by atoms with van der Waals surface area (Å²) in [6.07, 6.45) is 0.866. The first-order chi connectivity index (χ1) is 9.33. The average Bonchev–Trinajstić information content (AvgIpc) is 2.47. The minimum Gasteiger partial charge on any atom is -0.380 e. The Morgan fingerprint density at radius 3 is 2.63 bits per heavy atom. The molecule has 0 aliphatic heterocycles. The zero-order valence-electron chi connectivity index (χ0n) is 10.8. The quantitative estimate of drug-likeness (QED) is 0.588. The minimum absolute atomic E-state index is 0.527. The highest BCUT2D eigenvalue weighted by atomic mass is 32.2. The van der Waals surface area contributed by atoms with Gasteiger partial charge in [0, 0.05) is 23.3 Å². The summed E-state index contributed by atoms with van der Waals surface area (Å²) in [5, 5.41) is 0. The molecular formula is C16H16O2S. The number of carbonyl (C=O) groups excluding carboxylic acids is 1. The SMILES string of the molecule is COCc1cc(C=O)ccc1SCc1ccccc1. The van der Waals surface area contributed by atoms with Crippen LogP contribution < -0.4 is 0 Å². The van der Waals surface area contributed by atoms with Crippen molar-refractivity contribution in [2.45, 2.75) is 17.3 Å². The fourth-order valence-electron chi connectivity index (χ4n) is 1.82. The Balaban J connectivity index is 2.12. The fraction of sp³-hybridized carbons (Fsp3) is 0.188. The zero-order valence-corrected chi connectivity index (χ0v) is 11.7. The minimum atomic E-state index is 0.527. The van der Waals surface area contributed by atoms with Gasteiger partial charge in [0.15, 0.2) is 0 Å². The molecule has 0 unspecified atom stereocenters. The first kappa shape index (κ1) is 13.8. The second kappa shape index (κ2) is 7.12. The van der Waals surface area contributed by atoms with E-state index in [-0.39, 0.29) is 0 Å². The predicted octanol–water partition coefficient (Wildman–Crippen LogP) is 3.94. The van der Waals surface area contributed by atoms with Crippen LogP contribution in [-0.2, 0) is 17.1 Å². The van der Waals surface area contributed by atoms with Gasteiger partial charge in [0.1, 0.15) is 6.29 Å². The Morgan fingerprint density at radius 1 is 1.16 bits per heavy atom. The molecule has 0 aliphatic rings. The van der Waals surface area contributed by atoms with E-state index < -0.39 is 0 Å². The van der Waals surface area contributed by atoms with Crippen LogP contribution in [0.5, 0.6) is 0 Å². The summed E-state index contributed by atoms with van der Waals surface area (Å²) in [6.45, 7) is 0.527. The van der Waals surface area contributed by atoms with Crippen molar-refractivity contribution < 1.29 is 9.53 Å². The first-order valence-electron chi connectivity index (χ1n) is 6.07. The number of rotatable bonds is 6. The molecule has 0 heterocycles. The van der Waals surface area contributed by atoms with Crippen LogP contribution in [0.15, 0.2) is 53.4 Å². The third kappa shape index (κ3) is 3.94. The molecule has 2 aromatic rings. The van der Waals surface area contributed by atoms with E-state index in [9.17, 15) is 4.79 Å². The molecule has 19 heavy (non-hydrogen) atoms. The van der Waals surface area contributed by atoms with Gasteiger partial charge in [-0.1, -0.05) is 36.4 Å². The van der Waals surface area contributed by atoms with Crippen molar-refractivity contribution in [2.24, 2.45) is 0 Å². The average molecular weight is 272 g/mol. The van der Waals surface area contributed by atoms with Crippen LogP contribution >= 0.6 is 11.8 Å². The topological polar surface area (TPSA) is 26.3 Å². The Kier molecular flexibility index (Phi) is 5.19. The van der Waals surface area contributed by atoms with E-state index in [1.54, 1.807) is 18.9 Å². The normalized spacial score (nSPS) is 10.4. The van der Waals surface area contributed by atoms with Crippen LogP contribution in [-0.4, -0.2) is 13.4 Å². The standard InChI is InChI=1S/C16H16O2S/c1-18-11-15-9-14(10-17)7-8-16(15)19-12-13-5-3-2-4-6-13/h2-10H,11-12H2,1H3. The van der Waals surface area contributed by atoms with Crippen molar-refractivity contribution in [2.75, 3.05) is 7.11 Å². The van der Waals surface area contributed by atoms with Gasteiger partial charge in [-0.3, -0.25) is 4.79 Å². The summed E-state index contributed by atoms with van der Waals surface area (Å²) in [5.41, 5.74) is 3.04. The molecule has 0 spiro atoms. The van der Waals surface area contributed by atoms with Crippen molar-refractivity contribution in [3.05, 3.63) is 65.2 Å². The van der Waals surface area contributed by atoms with Crippen LogP contribution in [0.25, 0.3) is 0 Å². The molecule has 0 bridgehead atoms. The smallest absolute Gasteiger partial charge is 0.150 e. The van der Waals surface area contributed by atoms with Crippen molar-refractivity contribution >= 4 is 18.0 Å². The van der Waals surface area contributed by atoms with Gasteiger partial charge in [-0.25, -0.2) is 0 Å². The number of benzene rings is 2. The van der Waals surface area contributed by atoms with Crippen molar-refractivity contribution in [1.82, 2.24) is 0 Å². The molecule has 0 saturated heterocycles. The molecule has 2 rings (SSSR count). The molecule has 0 aromatic heterocycles. The lowest BCUT2D eigenvalue weighted by atomic mass is 10.1. The van der Waals surface area contributed by atoms with Crippen LogP contribution in [0.2, 0.25) is 0 Å². The predicted molar refractivity (Wildman–Crippen MR) is 78.5 cm³/mol. The molecule has 0 fully saturated rings. The van der Waals surface area contributed by atoms with Crippen molar-refractivity contribution in [1.29, 1.82) is 0 Å². The van der Waals surface area contributed by atoms with E-state index in [1.165, 1.54) is 5.56 Å². The van der Waals surface area contributed by atoms with Gasteiger partial charge in [-0.05, 0) is 23.3 Å². The lowest BCUT2D eigenvalue weighted by Gasteiger charge is -2.09. The summed E-state index contributed by atoms with van der Waals surface area (Å²) in [7, 11) is 1.67. The monoisotopic (exact) mass is 272 g/mol. The molecule has 0 aliphatic carbocycles. The Bertz CT molecular complexity index is 538. The van der Waals surface area contributed by atoms with Gasteiger partial charge >= 0.3 is 0 Å². The third-order valence-corrected chi connectivity index (χ3v) is 3.94. The second-order valence-corrected chi connectivity index (χ2v) is 5.21. The molecule has 0 amide bonds. The summed E-state index contributed by atoms with van der Waals surface area (Å²) < 4.78 is 5.19. The maximum Gasteiger partial charge on any atom is 0.150 e. The van der Waals surface area contributed by atoms with Gasteiger partial charge in [0.25, 0.3) is 0 Å². The maximum absolute atomic E-state index is 10.8. The van der Waals surface area contributed by atoms with Gasteiger partial charge in [-0.2, -0.15) is 0 Å². The highest BCUT2D eigenvalue weighted by Gasteiger charge is 2.05. The largest absolute Gasteiger partial charge is 0.380 e. The summed E-state index contributed by atoms with van der Waals surface area (Å²) in [5.74, 6) is 0.915. The Hall–Kier alpha value is -1.58. The molecule has 0 atom stereocenters. The Morgan fingerprint density at radius 2 is 1.95 bits per heavy atom. The van der Waals surface area contributed by atoms with Crippen LogP contribution in [0, 0.1) is 0 Å². The highest BCUT2D eigenvalue weighted by molar-refractivity contribution is 7.98. The second-order valence-electron chi connectivity index (χ2n) is 4.19. The summed E-state index contributed by atoms with van der Waals surface area (Å²) in [6, 6.07) is 16.1. The number of hydrogen-bond acceptors (Lipinski definition) is 3. The van der Waals surface area contributed by atoms with E-state index >= 15 is 0 Å². The number of hydrogen-bond donors (Lipinski definition) is 0. The van der Waals surface area contributed by atoms with E-state index in [1.807, 2.05) is 36.4 Å². The zero-order chi connectivity index (χ0) is 13.5. The van der Waals surface area contributed by atoms with Gasteiger partial charge in [0.05, 0.1) is 6.61 Å². The van der Waals surface area contributed by atoms with Gasteiger partial charge in [0.2, 0.25) is 0 Å². The van der Waals surface area contributed by atoms with E-state index in [2.05, 4.69) is 12.1 Å². The summed E-state index contributed by atoms with van der Waals surface area (Å²) in [4.78, 5) is 12.0. The molecule has 3 heteroatoms. The van der Waals surface area contributed by atoms with Crippen LogP contribution in [0.1, 0.15) is 21.5 Å². The molecular weight excluding hydrogens is 256 g/mol. The molecule has 2 nitrogen and oxygen atoms in total. The van der Waals surface area contributed by atoms with Gasteiger partial charge in [-0.15, -0.1) is 11.8 Å². The van der Waals surface area contributed by atoms with Crippen molar-refractivity contribution in [3.63, 3.8) is 0 Å². The molecule has 98 valence electrons. The lowest BCUT2D eigenvalue weighted by Crippen LogP contribution is -1.93. The van der Waals surface area contributed by atoms with Crippen LogP contribution in [0.4, 0.5) is 0 Å².